The highest BCUT2D eigenvalue weighted by Crippen LogP contribution is 2.22. The van der Waals surface area contributed by atoms with Gasteiger partial charge >= 0.3 is 0 Å². The van der Waals surface area contributed by atoms with Crippen LogP contribution in [0.25, 0.3) is 0 Å². The van der Waals surface area contributed by atoms with E-state index in [9.17, 15) is 4.39 Å². The molecule has 1 heterocycles. The van der Waals surface area contributed by atoms with E-state index in [0.29, 0.717) is 0 Å². The summed E-state index contributed by atoms with van der Waals surface area (Å²) in [5.41, 5.74) is 6.92. The maximum Gasteiger partial charge on any atom is 0.123 e. The van der Waals surface area contributed by atoms with Gasteiger partial charge in [0.05, 0.1) is 16.7 Å². The van der Waals surface area contributed by atoms with Crippen LogP contribution in [-0.4, -0.2) is 15.8 Å². The Kier molecular flexibility index (Phi) is 3.59. The summed E-state index contributed by atoms with van der Waals surface area (Å²) in [6.07, 6.45) is 3.57. The fraction of sp³-hybridized carbons (Fsp3) is 0.250. The maximum absolute atomic E-state index is 12.9. The smallest absolute Gasteiger partial charge is 0.123 e. The molecule has 2 unspecified atom stereocenters. The van der Waals surface area contributed by atoms with Gasteiger partial charge in [-0.1, -0.05) is 12.1 Å². The molecule has 0 aliphatic carbocycles. The minimum absolute atomic E-state index is 0.0955. The second-order valence-electron chi connectivity index (χ2n) is 3.99. The van der Waals surface area contributed by atoms with Gasteiger partial charge in [-0.2, -0.15) is 5.10 Å². The Labute approximate surface area is 108 Å². The van der Waals surface area contributed by atoms with Crippen molar-refractivity contribution in [3.8, 4) is 0 Å². The van der Waals surface area contributed by atoms with Crippen molar-refractivity contribution in [1.29, 1.82) is 0 Å². The van der Waals surface area contributed by atoms with Crippen molar-refractivity contribution in [3.63, 3.8) is 0 Å². The van der Waals surface area contributed by atoms with E-state index in [1.807, 2.05) is 13.1 Å². The van der Waals surface area contributed by atoms with Gasteiger partial charge in [0.15, 0.2) is 0 Å². The Hall–Kier alpha value is -1.20. The molecule has 17 heavy (non-hydrogen) atoms. The topological polar surface area (TPSA) is 43.8 Å². The Balaban J connectivity index is 2.39. The Bertz CT molecular complexity index is 493. The summed E-state index contributed by atoms with van der Waals surface area (Å²) in [6.45, 7) is 1.91. The third kappa shape index (κ3) is 2.73. The summed E-state index contributed by atoms with van der Waals surface area (Å²) in [7, 11) is 0. The zero-order chi connectivity index (χ0) is 12.4. The summed E-state index contributed by atoms with van der Waals surface area (Å²) in [6, 6.07) is 6.12. The molecule has 90 valence electrons. The van der Waals surface area contributed by atoms with Crippen LogP contribution in [0.1, 0.15) is 18.5 Å². The fourth-order valence-electron chi connectivity index (χ4n) is 1.82. The highest BCUT2D eigenvalue weighted by molar-refractivity contribution is 9.10. The zero-order valence-electron chi connectivity index (χ0n) is 9.35. The highest BCUT2D eigenvalue weighted by Gasteiger charge is 2.19. The van der Waals surface area contributed by atoms with Crippen LogP contribution in [0.4, 0.5) is 4.39 Å². The van der Waals surface area contributed by atoms with Gasteiger partial charge in [0.2, 0.25) is 0 Å². The van der Waals surface area contributed by atoms with Crippen molar-refractivity contribution in [2.45, 2.75) is 19.0 Å². The number of hydrogen-bond acceptors (Lipinski definition) is 2. The predicted molar refractivity (Wildman–Crippen MR) is 68.1 cm³/mol. The molecular weight excluding hydrogens is 285 g/mol. The van der Waals surface area contributed by atoms with Gasteiger partial charge in [0.25, 0.3) is 0 Å². The summed E-state index contributed by atoms with van der Waals surface area (Å²) in [5.74, 6) is -0.251. The summed E-state index contributed by atoms with van der Waals surface area (Å²) < 4.78 is 15.6. The number of nitrogens with two attached hydrogens (primary N) is 1. The molecule has 0 fully saturated rings. The fourth-order valence-corrected chi connectivity index (χ4v) is 2.13. The van der Waals surface area contributed by atoms with Crippen molar-refractivity contribution in [2.75, 3.05) is 0 Å². The molecule has 1 aromatic carbocycles. The molecule has 0 amide bonds. The summed E-state index contributed by atoms with van der Waals surface area (Å²) >= 11 is 3.35. The second-order valence-corrected chi connectivity index (χ2v) is 4.91. The number of rotatable bonds is 3. The highest BCUT2D eigenvalue weighted by atomic mass is 79.9. The van der Waals surface area contributed by atoms with Crippen molar-refractivity contribution in [1.82, 2.24) is 9.78 Å². The lowest BCUT2D eigenvalue weighted by atomic mass is 10.0. The molecule has 1 aromatic heterocycles. The Morgan fingerprint density at radius 3 is 2.47 bits per heavy atom. The van der Waals surface area contributed by atoms with E-state index in [0.717, 1.165) is 10.0 Å². The molecule has 0 aliphatic heterocycles. The van der Waals surface area contributed by atoms with Crippen LogP contribution in [0, 0.1) is 5.82 Å². The molecule has 0 saturated heterocycles. The van der Waals surface area contributed by atoms with Crippen LogP contribution in [0.5, 0.6) is 0 Å². The average Bonchev–Trinajstić information content (AvgIpc) is 2.68. The van der Waals surface area contributed by atoms with Crippen molar-refractivity contribution >= 4 is 15.9 Å². The third-order valence-electron chi connectivity index (χ3n) is 2.56. The molecule has 0 aliphatic rings. The normalized spacial score (nSPS) is 14.6. The predicted octanol–water partition coefficient (Wildman–Crippen LogP) is 2.72. The quantitative estimate of drug-likeness (QED) is 0.947. The van der Waals surface area contributed by atoms with Gasteiger partial charge in [-0.3, -0.25) is 4.68 Å². The minimum Gasteiger partial charge on any atom is -0.326 e. The van der Waals surface area contributed by atoms with Gasteiger partial charge in [-0.05, 0) is 40.5 Å². The Morgan fingerprint density at radius 2 is 2.00 bits per heavy atom. The lowest BCUT2D eigenvalue weighted by molar-refractivity contribution is 0.453. The molecule has 0 saturated carbocycles. The maximum atomic E-state index is 12.9. The van der Waals surface area contributed by atoms with E-state index < -0.39 is 0 Å². The van der Waals surface area contributed by atoms with Crippen LogP contribution in [-0.2, 0) is 0 Å². The molecule has 5 heteroatoms. The number of aromatic nitrogens is 2. The zero-order valence-corrected chi connectivity index (χ0v) is 10.9. The summed E-state index contributed by atoms with van der Waals surface area (Å²) in [4.78, 5) is 0. The molecule has 2 aromatic rings. The van der Waals surface area contributed by atoms with Gasteiger partial charge in [-0.15, -0.1) is 0 Å². The first-order valence-corrected chi connectivity index (χ1v) is 6.08. The average molecular weight is 298 g/mol. The molecule has 0 spiro atoms. The SMILES string of the molecule is CC(N)C(c1ccc(F)cc1)n1cc(Br)cn1. The third-order valence-corrected chi connectivity index (χ3v) is 2.97. The molecule has 2 N–H and O–H groups in total. The van der Waals surface area contributed by atoms with Crippen LogP contribution in [0.2, 0.25) is 0 Å². The van der Waals surface area contributed by atoms with Crippen molar-refractivity contribution in [2.24, 2.45) is 5.73 Å². The van der Waals surface area contributed by atoms with E-state index in [2.05, 4.69) is 21.0 Å². The van der Waals surface area contributed by atoms with Gasteiger partial charge in [-0.25, -0.2) is 4.39 Å². The number of benzene rings is 1. The summed E-state index contributed by atoms with van der Waals surface area (Å²) in [5, 5.41) is 4.23. The second kappa shape index (κ2) is 4.98. The standard InChI is InChI=1S/C12H13BrFN3/c1-8(15)12(17-7-10(13)6-16-17)9-2-4-11(14)5-3-9/h2-8,12H,15H2,1H3. The first-order chi connectivity index (χ1) is 8.08. The molecule has 0 bridgehead atoms. The number of nitrogens with zero attached hydrogens (tertiary/aromatic N) is 2. The van der Waals surface area contributed by atoms with Gasteiger partial charge in [0, 0.05) is 12.2 Å². The molecule has 3 nitrogen and oxygen atoms in total. The largest absolute Gasteiger partial charge is 0.326 e. The van der Waals surface area contributed by atoms with E-state index in [4.69, 9.17) is 5.73 Å². The van der Waals surface area contributed by atoms with Gasteiger partial charge in [0.1, 0.15) is 5.82 Å². The van der Waals surface area contributed by atoms with E-state index >= 15 is 0 Å². The molecule has 2 atom stereocenters. The lowest BCUT2D eigenvalue weighted by Gasteiger charge is -2.21. The number of halogens is 2. The molecular formula is C12H13BrFN3. The monoisotopic (exact) mass is 297 g/mol. The lowest BCUT2D eigenvalue weighted by Crippen LogP contribution is -2.30. The van der Waals surface area contributed by atoms with E-state index in [1.54, 1.807) is 23.0 Å². The van der Waals surface area contributed by atoms with Crippen molar-refractivity contribution in [3.05, 3.63) is 52.5 Å². The van der Waals surface area contributed by atoms with Crippen LogP contribution < -0.4 is 5.73 Å². The number of hydrogen-bond donors (Lipinski definition) is 1. The van der Waals surface area contributed by atoms with Crippen LogP contribution in [0.15, 0.2) is 41.1 Å². The minimum atomic E-state index is -0.251. The first-order valence-electron chi connectivity index (χ1n) is 5.28. The van der Waals surface area contributed by atoms with E-state index in [1.165, 1.54) is 12.1 Å². The first kappa shape index (κ1) is 12.3. The Morgan fingerprint density at radius 1 is 1.35 bits per heavy atom. The molecule has 0 radical (unpaired) electrons. The van der Waals surface area contributed by atoms with Crippen LogP contribution in [0.3, 0.4) is 0 Å². The van der Waals surface area contributed by atoms with Crippen molar-refractivity contribution < 1.29 is 4.39 Å². The molecule has 2 rings (SSSR count). The van der Waals surface area contributed by atoms with E-state index in [-0.39, 0.29) is 17.9 Å². The van der Waals surface area contributed by atoms with Gasteiger partial charge < -0.3 is 5.73 Å². The van der Waals surface area contributed by atoms with Crippen LogP contribution >= 0.6 is 15.9 Å².